The van der Waals surface area contributed by atoms with Gasteiger partial charge in [-0.2, -0.15) is 0 Å². The van der Waals surface area contributed by atoms with Gasteiger partial charge in [0.15, 0.2) is 0 Å². The molecule has 1 aromatic carbocycles. The molecule has 0 bridgehead atoms. The van der Waals surface area contributed by atoms with Crippen LogP contribution in [-0.2, 0) is 16.0 Å². The normalized spacial score (nSPS) is 21.2. The zero-order valence-corrected chi connectivity index (χ0v) is 10.9. The second-order valence-corrected chi connectivity index (χ2v) is 4.74. The molecule has 1 aliphatic heterocycles. The number of ether oxygens (including phenoxy) is 1. The highest BCUT2D eigenvalue weighted by atomic mass is 16.5. The molecule has 3 N–H and O–H groups in total. The van der Waals surface area contributed by atoms with Crippen LogP contribution in [0.25, 0.3) is 0 Å². The molecule has 1 saturated heterocycles. The van der Waals surface area contributed by atoms with Crippen molar-refractivity contribution in [2.24, 2.45) is 5.73 Å². The van der Waals surface area contributed by atoms with Crippen molar-refractivity contribution in [1.82, 2.24) is 4.90 Å². The van der Waals surface area contributed by atoms with Gasteiger partial charge in [-0.25, -0.2) is 0 Å². The molecule has 0 aliphatic carbocycles. The lowest BCUT2D eigenvalue weighted by Gasteiger charge is -2.36. The van der Waals surface area contributed by atoms with Crippen LogP contribution in [0.5, 0.6) is 0 Å². The number of aliphatic hydroxyl groups is 1. The Kier molecular flexibility index (Phi) is 4.90. The van der Waals surface area contributed by atoms with Gasteiger partial charge < -0.3 is 20.5 Å². The summed E-state index contributed by atoms with van der Waals surface area (Å²) in [4.78, 5) is 13.9. The maximum Gasteiger partial charge on any atom is 0.240 e. The van der Waals surface area contributed by atoms with Crippen LogP contribution in [0.15, 0.2) is 30.3 Å². The predicted octanol–water partition coefficient (Wildman–Crippen LogP) is -0.224. The second-order valence-electron chi connectivity index (χ2n) is 4.74. The molecule has 0 spiro atoms. The third-order valence-electron chi connectivity index (χ3n) is 3.34. The Morgan fingerprint density at radius 3 is 2.89 bits per heavy atom. The molecule has 5 nitrogen and oxygen atoms in total. The number of hydrogen-bond acceptors (Lipinski definition) is 4. The van der Waals surface area contributed by atoms with Gasteiger partial charge in [0.2, 0.25) is 5.91 Å². The number of hydrogen-bond donors (Lipinski definition) is 2. The number of carbonyl (C=O) groups is 1. The zero-order chi connectivity index (χ0) is 13.7. The Hall–Kier alpha value is -1.43. The van der Waals surface area contributed by atoms with Crippen LogP contribution in [0.3, 0.4) is 0 Å². The lowest BCUT2D eigenvalue weighted by Crippen LogP contribution is -2.55. The van der Waals surface area contributed by atoms with Gasteiger partial charge in [0.1, 0.15) is 0 Å². The van der Waals surface area contributed by atoms with Crippen molar-refractivity contribution in [3.8, 4) is 0 Å². The molecule has 5 heteroatoms. The van der Waals surface area contributed by atoms with Crippen molar-refractivity contribution in [3.05, 3.63) is 35.9 Å². The summed E-state index contributed by atoms with van der Waals surface area (Å²) in [5.41, 5.74) is 7.02. The molecule has 2 atom stereocenters. The number of nitrogens with two attached hydrogens (primary N) is 1. The van der Waals surface area contributed by atoms with E-state index < -0.39 is 6.04 Å². The van der Waals surface area contributed by atoms with Crippen LogP contribution in [0, 0.1) is 0 Å². The van der Waals surface area contributed by atoms with Crippen LogP contribution < -0.4 is 5.73 Å². The van der Waals surface area contributed by atoms with Crippen molar-refractivity contribution in [2.75, 3.05) is 26.4 Å². The highest BCUT2D eigenvalue weighted by molar-refractivity contribution is 5.82. The van der Waals surface area contributed by atoms with E-state index in [0.29, 0.717) is 26.2 Å². The first-order valence-electron chi connectivity index (χ1n) is 6.51. The van der Waals surface area contributed by atoms with Crippen molar-refractivity contribution in [2.45, 2.75) is 18.5 Å². The summed E-state index contributed by atoms with van der Waals surface area (Å²) in [6, 6.07) is 8.85. The van der Waals surface area contributed by atoms with Crippen molar-refractivity contribution in [3.63, 3.8) is 0 Å². The van der Waals surface area contributed by atoms with Crippen LogP contribution >= 0.6 is 0 Å². The number of rotatable bonds is 4. The summed E-state index contributed by atoms with van der Waals surface area (Å²) >= 11 is 0. The van der Waals surface area contributed by atoms with E-state index in [0.717, 1.165) is 5.56 Å². The van der Waals surface area contributed by atoms with E-state index in [1.54, 1.807) is 4.90 Å². The Balaban J connectivity index is 1.98. The van der Waals surface area contributed by atoms with E-state index in [1.807, 2.05) is 30.3 Å². The highest BCUT2D eigenvalue weighted by Gasteiger charge is 2.29. The zero-order valence-electron chi connectivity index (χ0n) is 10.9. The molecule has 0 aromatic heterocycles. The average molecular weight is 264 g/mol. The first kappa shape index (κ1) is 14.0. The third kappa shape index (κ3) is 3.53. The summed E-state index contributed by atoms with van der Waals surface area (Å²) in [5, 5.41) is 9.27. The van der Waals surface area contributed by atoms with Crippen LogP contribution in [0.4, 0.5) is 0 Å². The Morgan fingerprint density at radius 1 is 1.47 bits per heavy atom. The van der Waals surface area contributed by atoms with Crippen LogP contribution in [0.2, 0.25) is 0 Å². The number of benzene rings is 1. The molecule has 0 saturated carbocycles. The van der Waals surface area contributed by atoms with Gasteiger partial charge in [-0.3, -0.25) is 4.79 Å². The Labute approximate surface area is 113 Å². The van der Waals surface area contributed by atoms with Gasteiger partial charge in [0, 0.05) is 6.54 Å². The number of aliphatic hydroxyl groups excluding tert-OH is 1. The van der Waals surface area contributed by atoms with Gasteiger partial charge in [0.25, 0.3) is 0 Å². The molecule has 2 unspecified atom stereocenters. The molecule has 1 amide bonds. The minimum absolute atomic E-state index is 0.0935. The summed E-state index contributed by atoms with van der Waals surface area (Å²) in [7, 11) is 0. The molecule has 0 radical (unpaired) electrons. The van der Waals surface area contributed by atoms with E-state index in [-0.39, 0.29) is 18.6 Å². The van der Waals surface area contributed by atoms with Gasteiger partial charge in [-0.15, -0.1) is 0 Å². The van der Waals surface area contributed by atoms with Crippen LogP contribution in [-0.4, -0.2) is 54.4 Å². The number of amides is 1. The van der Waals surface area contributed by atoms with E-state index in [2.05, 4.69) is 0 Å². The summed E-state index contributed by atoms with van der Waals surface area (Å²) in [5.74, 6) is -0.119. The first-order chi connectivity index (χ1) is 9.22. The fraction of sp³-hybridized carbons (Fsp3) is 0.500. The van der Waals surface area contributed by atoms with Gasteiger partial charge in [0.05, 0.1) is 31.9 Å². The number of morpholine rings is 1. The van der Waals surface area contributed by atoms with Gasteiger partial charge in [-0.1, -0.05) is 30.3 Å². The molecular formula is C14H20N2O3. The summed E-state index contributed by atoms with van der Waals surface area (Å²) in [6.45, 7) is 1.27. The van der Waals surface area contributed by atoms with Gasteiger partial charge in [-0.05, 0) is 12.0 Å². The first-order valence-corrected chi connectivity index (χ1v) is 6.51. The smallest absolute Gasteiger partial charge is 0.240 e. The van der Waals surface area contributed by atoms with Gasteiger partial charge >= 0.3 is 0 Å². The van der Waals surface area contributed by atoms with E-state index in [1.165, 1.54) is 0 Å². The number of nitrogens with zero attached hydrogens (tertiary/aromatic N) is 1. The van der Waals surface area contributed by atoms with Crippen molar-refractivity contribution < 1.29 is 14.6 Å². The topological polar surface area (TPSA) is 75.8 Å². The molecule has 1 aromatic rings. The predicted molar refractivity (Wildman–Crippen MR) is 71.5 cm³/mol. The Bertz CT molecular complexity index is 410. The second kappa shape index (κ2) is 6.65. The summed E-state index contributed by atoms with van der Waals surface area (Å²) < 4.78 is 5.26. The summed E-state index contributed by atoms with van der Waals surface area (Å²) in [6.07, 6.45) is 0.509. The van der Waals surface area contributed by atoms with Crippen LogP contribution in [0.1, 0.15) is 5.56 Å². The minimum Gasteiger partial charge on any atom is -0.394 e. The maximum atomic E-state index is 12.3. The fourth-order valence-electron chi connectivity index (χ4n) is 2.26. The number of carbonyl (C=O) groups excluding carboxylic acids is 1. The SMILES string of the molecule is NC(Cc1ccccc1)C(=O)N1CCOCC1CO. The van der Waals surface area contributed by atoms with E-state index in [9.17, 15) is 9.90 Å². The monoisotopic (exact) mass is 264 g/mol. The molecule has 1 heterocycles. The van der Waals surface area contributed by atoms with Crippen molar-refractivity contribution >= 4 is 5.91 Å². The van der Waals surface area contributed by atoms with Crippen molar-refractivity contribution in [1.29, 1.82) is 0 Å². The van der Waals surface area contributed by atoms with E-state index in [4.69, 9.17) is 10.5 Å². The Morgan fingerprint density at radius 2 is 2.21 bits per heavy atom. The molecule has 104 valence electrons. The maximum absolute atomic E-state index is 12.3. The molecule has 2 rings (SSSR count). The molecule has 1 fully saturated rings. The minimum atomic E-state index is -0.574. The molecular weight excluding hydrogens is 244 g/mol. The highest BCUT2D eigenvalue weighted by Crippen LogP contribution is 2.10. The quantitative estimate of drug-likeness (QED) is 0.788. The average Bonchev–Trinajstić information content (AvgIpc) is 2.47. The third-order valence-corrected chi connectivity index (χ3v) is 3.34. The largest absolute Gasteiger partial charge is 0.394 e. The fourth-order valence-corrected chi connectivity index (χ4v) is 2.26. The molecule has 19 heavy (non-hydrogen) atoms. The van der Waals surface area contributed by atoms with E-state index >= 15 is 0 Å². The lowest BCUT2D eigenvalue weighted by molar-refractivity contribution is -0.143. The molecule has 1 aliphatic rings. The standard InChI is InChI=1S/C14H20N2O3/c15-13(8-11-4-2-1-3-5-11)14(18)16-6-7-19-10-12(16)9-17/h1-5,12-13,17H,6-10,15H2. The lowest BCUT2D eigenvalue weighted by atomic mass is 10.0.